The van der Waals surface area contributed by atoms with E-state index in [0.717, 1.165) is 0 Å². The molecule has 0 aliphatic carbocycles. The van der Waals surface area contributed by atoms with Crippen molar-refractivity contribution in [2.75, 3.05) is 17.7 Å². The largest absolute Gasteiger partial charge is 0.372 e. The van der Waals surface area contributed by atoms with Crippen LogP contribution in [-0.2, 0) is 0 Å². The maximum Gasteiger partial charge on any atom is 0.275 e. The highest BCUT2D eigenvalue weighted by Crippen LogP contribution is 2.10. The molecular weight excluding hydrogens is 235 g/mol. The van der Waals surface area contributed by atoms with Crippen LogP contribution in [0.2, 0.25) is 0 Å². The summed E-state index contributed by atoms with van der Waals surface area (Å²) < 4.78 is 12.7. The van der Waals surface area contributed by atoms with Crippen molar-refractivity contribution >= 4 is 17.4 Å². The summed E-state index contributed by atoms with van der Waals surface area (Å²) in [7, 11) is 1.69. The number of amides is 1. The smallest absolute Gasteiger partial charge is 0.275 e. The van der Waals surface area contributed by atoms with E-state index in [1.54, 1.807) is 7.05 Å². The molecule has 1 heterocycles. The molecule has 2 N–H and O–H groups in total. The zero-order valence-corrected chi connectivity index (χ0v) is 9.64. The van der Waals surface area contributed by atoms with Gasteiger partial charge < -0.3 is 10.6 Å². The molecule has 0 radical (unpaired) electrons. The van der Waals surface area contributed by atoms with E-state index >= 15 is 0 Å². The van der Waals surface area contributed by atoms with Crippen LogP contribution >= 0.6 is 0 Å². The maximum absolute atomic E-state index is 12.7. The number of aromatic nitrogens is 2. The standard InChI is InChI=1S/C12H11FN4O/c1-14-11-7-15-6-10(17-11)12(18)16-9-4-2-8(13)3-5-9/h2-7H,1H3,(H,14,17)(H,16,18). The molecule has 5 nitrogen and oxygen atoms in total. The van der Waals surface area contributed by atoms with Gasteiger partial charge in [0.25, 0.3) is 5.91 Å². The van der Waals surface area contributed by atoms with Gasteiger partial charge in [0.05, 0.1) is 12.4 Å². The topological polar surface area (TPSA) is 66.9 Å². The van der Waals surface area contributed by atoms with Crippen molar-refractivity contribution in [1.29, 1.82) is 0 Å². The zero-order chi connectivity index (χ0) is 13.0. The van der Waals surface area contributed by atoms with Crippen molar-refractivity contribution in [3.8, 4) is 0 Å². The van der Waals surface area contributed by atoms with Gasteiger partial charge in [0.15, 0.2) is 0 Å². The van der Waals surface area contributed by atoms with Crippen molar-refractivity contribution in [3.05, 3.63) is 48.2 Å². The molecule has 0 spiro atoms. The second-order valence-corrected chi connectivity index (χ2v) is 3.50. The van der Waals surface area contributed by atoms with E-state index in [2.05, 4.69) is 20.6 Å². The molecule has 1 amide bonds. The van der Waals surface area contributed by atoms with Crippen LogP contribution in [-0.4, -0.2) is 22.9 Å². The Kier molecular flexibility index (Phi) is 3.47. The number of hydrogen-bond acceptors (Lipinski definition) is 4. The van der Waals surface area contributed by atoms with E-state index in [1.807, 2.05) is 0 Å². The van der Waals surface area contributed by atoms with Crippen LogP contribution in [0.15, 0.2) is 36.7 Å². The number of hydrogen-bond donors (Lipinski definition) is 2. The Morgan fingerprint density at radius 3 is 2.61 bits per heavy atom. The minimum absolute atomic E-state index is 0.186. The molecule has 2 aromatic rings. The van der Waals surface area contributed by atoms with Gasteiger partial charge in [0.1, 0.15) is 17.3 Å². The van der Waals surface area contributed by atoms with Gasteiger partial charge in [-0.15, -0.1) is 0 Å². The van der Waals surface area contributed by atoms with E-state index < -0.39 is 5.91 Å². The molecule has 1 aromatic heterocycles. The Balaban J connectivity index is 2.14. The number of nitrogens with zero attached hydrogens (tertiary/aromatic N) is 2. The molecule has 0 aliphatic rings. The van der Waals surface area contributed by atoms with E-state index in [-0.39, 0.29) is 11.5 Å². The quantitative estimate of drug-likeness (QED) is 0.868. The van der Waals surface area contributed by atoms with Gasteiger partial charge in [-0.3, -0.25) is 9.78 Å². The average Bonchev–Trinajstić information content (AvgIpc) is 2.41. The second kappa shape index (κ2) is 5.22. The molecule has 0 aliphatic heterocycles. The van der Waals surface area contributed by atoms with Crippen LogP contribution in [0.4, 0.5) is 15.9 Å². The van der Waals surface area contributed by atoms with Crippen LogP contribution in [0.1, 0.15) is 10.5 Å². The highest BCUT2D eigenvalue weighted by molar-refractivity contribution is 6.02. The second-order valence-electron chi connectivity index (χ2n) is 3.50. The fraction of sp³-hybridized carbons (Fsp3) is 0.0833. The molecule has 6 heteroatoms. The number of halogens is 1. The molecule has 92 valence electrons. The Hall–Kier alpha value is -2.50. The fourth-order valence-electron chi connectivity index (χ4n) is 1.32. The molecular formula is C12H11FN4O. The minimum atomic E-state index is -0.397. The lowest BCUT2D eigenvalue weighted by Gasteiger charge is -2.05. The highest BCUT2D eigenvalue weighted by atomic mass is 19.1. The minimum Gasteiger partial charge on any atom is -0.372 e. The van der Waals surface area contributed by atoms with E-state index in [4.69, 9.17) is 0 Å². The van der Waals surface area contributed by atoms with Crippen molar-refractivity contribution < 1.29 is 9.18 Å². The van der Waals surface area contributed by atoms with Gasteiger partial charge >= 0.3 is 0 Å². The third-order valence-corrected chi connectivity index (χ3v) is 2.23. The fourth-order valence-corrected chi connectivity index (χ4v) is 1.32. The van der Waals surface area contributed by atoms with E-state index in [1.165, 1.54) is 36.7 Å². The normalized spacial score (nSPS) is 9.89. The molecule has 18 heavy (non-hydrogen) atoms. The highest BCUT2D eigenvalue weighted by Gasteiger charge is 2.08. The summed E-state index contributed by atoms with van der Waals surface area (Å²) in [6, 6.07) is 5.49. The van der Waals surface area contributed by atoms with Crippen LogP contribution in [0.25, 0.3) is 0 Å². The Labute approximate surface area is 103 Å². The first-order valence-electron chi connectivity index (χ1n) is 5.26. The lowest BCUT2D eigenvalue weighted by atomic mass is 10.3. The predicted octanol–water partition coefficient (Wildman–Crippen LogP) is 1.91. The summed E-state index contributed by atoms with van der Waals surface area (Å²) in [5.41, 5.74) is 0.684. The predicted molar refractivity (Wildman–Crippen MR) is 65.9 cm³/mol. The summed E-state index contributed by atoms with van der Waals surface area (Å²) in [4.78, 5) is 19.8. The molecule has 0 saturated carbocycles. The Morgan fingerprint density at radius 2 is 1.94 bits per heavy atom. The SMILES string of the molecule is CNc1cncc(C(=O)Nc2ccc(F)cc2)n1. The van der Waals surface area contributed by atoms with Crippen molar-refractivity contribution in [1.82, 2.24) is 9.97 Å². The monoisotopic (exact) mass is 246 g/mol. The Bertz CT molecular complexity index is 556. The van der Waals surface area contributed by atoms with Gasteiger partial charge in [-0.25, -0.2) is 9.37 Å². The number of carbonyl (C=O) groups excluding carboxylic acids is 1. The number of anilines is 2. The summed E-state index contributed by atoms with van der Waals surface area (Å²) in [5, 5.41) is 5.39. The number of benzene rings is 1. The number of carbonyl (C=O) groups is 1. The van der Waals surface area contributed by atoms with Gasteiger partial charge in [-0.1, -0.05) is 0 Å². The molecule has 0 bridgehead atoms. The summed E-state index contributed by atoms with van der Waals surface area (Å²) in [6.45, 7) is 0. The van der Waals surface area contributed by atoms with Gasteiger partial charge in [-0.05, 0) is 24.3 Å². The zero-order valence-electron chi connectivity index (χ0n) is 9.64. The third-order valence-electron chi connectivity index (χ3n) is 2.23. The molecule has 1 aromatic carbocycles. The summed E-state index contributed by atoms with van der Waals surface area (Å²) in [6.07, 6.45) is 2.87. The third kappa shape index (κ3) is 2.79. The average molecular weight is 246 g/mol. The molecule has 0 unspecified atom stereocenters. The van der Waals surface area contributed by atoms with Crippen LogP contribution < -0.4 is 10.6 Å². The summed E-state index contributed by atoms with van der Waals surface area (Å²) >= 11 is 0. The molecule has 0 fully saturated rings. The van der Waals surface area contributed by atoms with Gasteiger partial charge in [0, 0.05) is 12.7 Å². The van der Waals surface area contributed by atoms with Crippen molar-refractivity contribution in [2.24, 2.45) is 0 Å². The van der Waals surface area contributed by atoms with E-state index in [9.17, 15) is 9.18 Å². The van der Waals surface area contributed by atoms with Crippen LogP contribution in [0, 0.1) is 5.82 Å². The van der Waals surface area contributed by atoms with E-state index in [0.29, 0.717) is 11.5 Å². The van der Waals surface area contributed by atoms with Gasteiger partial charge in [-0.2, -0.15) is 0 Å². The molecule has 0 saturated heterocycles. The first-order chi connectivity index (χ1) is 8.69. The lowest BCUT2D eigenvalue weighted by Crippen LogP contribution is -2.14. The molecule has 0 atom stereocenters. The number of nitrogens with one attached hydrogen (secondary N) is 2. The lowest BCUT2D eigenvalue weighted by molar-refractivity contribution is 0.102. The Morgan fingerprint density at radius 1 is 1.22 bits per heavy atom. The molecule has 2 rings (SSSR count). The van der Waals surface area contributed by atoms with Crippen LogP contribution in [0.3, 0.4) is 0 Å². The summed E-state index contributed by atoms with van der Waals surface area (Å²) in [5.74, 6) is -0.252. The van der Waals surface area contributed by atoms with Crippen LogP contribution in [0.5, 0.6) is 0 Å². The number of rotatable bonds is 3. The maximum atomic E-state index is 12.7. The van der Waals surface area contributed by atoms with Crippen molar-refractivity contribution in [3.63, 3.8) is 0 Å². The van der Waals surface area contributed by atoms with Crippen molar-refractivity contribution in [2.45, 2.75) is 0 Å². The van der Waals surface area contributed by atoms with Gasteiger partial charge in [0.2, 0.25) is 0 Å². The first-order valence-corrected chi connectivity index (χ1v) is 5.26. The first kappa shape index (κ1) is 12.0.